The fourth-order valence-electron chi connectivity index (χ4n) is 3.67. The molecule has 0 aliphatic carbocycles. The number of hydrogen-bond acceptors (Lipinski definition) is 8. The standard InChI is InChI=1S/C25H25N5O5S/c1-14-8-6-7-9-16(14)26-19(31)13-36-23-20-22(29(2)25(33)30(3)24(20)32)27-21(28-23)15-10-11-17(34-4)18(12-15)35-5/h6-12H,13H2,1-5H3,(H,26,31). The van der Waals surface area contributed by atoms with E-state index in [0.717, 1.165) is 21.9 Å². The van der Waals surface area contributed by atoms with Gasteiger partial charge in [0.25, 0.3) is 5.56 Å². The molecule has 0 aliphatic heterocycles. The summed E-state index contributed by atoms with van der Waals surface area (Å²) in [5, 5.41) is 3.33. The zero-order valence-corrected chi connectivity index (χ0v) is 21.3. The van der Waals surface area contributed by atoms with Crippen LogP contribution < -0.4 is 26.0 Å². The van der Waals surface area contributed by atoms with Crippen molar-refractivity contribution < 1.29 is 14.3 Å². The Labute approximate surface area is 210 Å². The molecule has 0 fully saturated rings. The molecule has 0 atom stereocenters. The molecule has 2 aromatic carbocycles. The predicted octanol–water partition coefficient (Wildman–Crippen LogP) is 2.75. The molecule has 1 N–H and O–H groups in total. The van der Waals surface area contributed by atoms with E-state index >= 15 is 0 Å². The largest absolute Gasteiger partial charge is 0.493 e. The molecular formula is C25H25N5O5S. The normalized spacial score (nSPS) is 10.9. The maximum absolute atomic E-state index is 13.1. The van der Waals surface area contributed by atoms with Gasteiger partial charge in [0, 0.05) is 25.3 Å². The first-order chi connectivity index (χ1) is 17.2. The number of carbonyl (C=O) groups excluding carboxylic acids is 1. The van der Waals surface area contributed by atoms with Crippen molar-refractivity contribution in [2.45, 2.75) is 11.9 Å². The van der Waals surface area contributed by atoms with Gasteiger partial charge in [0.05, 0.1) is 20.0 Å². The van der Waals surface area contributed by atoms with E-state index in [1.807, 2.05) is 31.2 Å². The van der Waals surface area contributed by atoms with Gasteiger partial charge in [0.1, 0.15) is 10.4 Å². The van der Waals surface area contributed by atoms with Gasteiger partial charge in [-0.1, -0.05) is 30.0 Å². The van der Waals surface area contributed by atoms with Crippen LogP contribution in [0.5, 0.6) is 11.5 Å². The number of methoxy groups -OCH3 is 2. The Kier molecular flexibility index (Phi) is 7.11. The first kappa shape index (κ1) is 25.0. The van der Waals surface area contributed by atoms with Crippen molar-refractivity contribution in [3.05, 3.63) is 68.9 Å². The van der Waals surface area contributed by atoms with E-state index in [2.05, 4.69) is 15.3 Å². The lowest BCUT2D eigenvalue weighted by Gasteiger charge is -2.13. The number of anilines is 1. The Bertz CT molecular complexity index is 1590. The van der Waals surface area contributed by atoms with Crippen molar-refractivity contribution in [1.29, 1.82) is 0 Å². The zero-order valence-electron chi connectivity index (χ0n) is 20.5. The van der Waals surface area contributed by atoms with Crippen LogP contribution >= 0.6 is 11.8 Å². The van der Waals surface area contributed by atoms with Crippen molar-refractivity contribution in [3.63, 3.8) is 0 Å². The summed E-state index contributed by atoms with van der Waals surface area (Å²) in [6.45, 7) is 1.90. The van der Waals surface area contributed by atoms with E-state index in [9.17, 15) is 14.4 Å². The maximum Gasteiger partial charge on any atom is 0.332 e. The SMILES string of the molecule is COc1ccc(-c2nc(SCC(=O)Nc3ccccc3C)c3c(=O)n(C)c(=O)n(C)c3n2)cc1OC. The quantitative estimate of drug-likeness (QED) is 0.300. The molecule has 10 nitrogen and oxygen atoms in total. The number of carbonyl (C=O) groups is 1. The van der Waals surface area contributed by atoms with Gasteiger partial charge in [0.2, 0.25) is 5.91 Å². The Morgan fingerprint density at radius 1 is 1.00 bits per heavy atom. The summed E-state index contributed by atoms with van der Waals surface area (Å²) in [5.41, 5.74) is 1.35. The lowest BCUT2D eigenvalue weighted by atomic mass is 10.2. The molecule has 0 saturated heterocycles. The van der Waals surface area contributed by atoms with Crippen molar-refractivity contribution in [1.82, 2.24) is 19.1 Å². The Morgan fingerprint density at radius 2 is 1.72 bits per heavy atom. The Hall–Kier alpha value is -4.12. The van der Waals surface area contributed by atoms with Gasteiger partial charge < -0.3 is 14.8 Å². The van der Waals surface area contributed by atoms with E-state index in [1.165, 1.54) is 32.9 Å². The molecule has 0 bridgehead atoms. The van der Waals surface area contributed by atoms with Crippen LogP contribution in [0.15, 0.2) is 57.1 Å². The first-order valence-corrected chi connectivity index (χ1v) is 11.9. The third kappa shape index (κ3) is 4.69. The zero-order chi connectivity index (χ0) is 26.0. The minimum Gasteiger partial charge on any atom is -0.493 e. The first-order valence-electron chi connectivity index (χ1n) is 10.9. The second kappa shape index (κ2) is 10.2. The number of aryl methyl sites for hydroxylation is 2. The van der Waals surface area contributed by atoms with Crippen LogP contribution in [0.25, 0.3) is 22.4 Å². The van der Waals surface area contributed by atoms with Crippen molar-refractivity contribution in [2.24, 2.45) is 14.1 Å². The highest BCUT2D eigenvalue weighted by molar-refractivity contribution is 8.00. The molecular weight excluding hydrogens is 482 g/mol. The summed E-state index contributed by atoms with van der Waals surface area (Å²) >= 11 is 1.10. The molecule has 4 aromatic rings. The fraction of sp³-hybridized carbons (Fsp3) is 0.240. The molecule has 0 aliphatic rings. The number of fused-ring (bicyclic) bond motifs is 1. The second-order valence-corrected chi connectivity index (χ2v) is 8.94. The van der Waals surface area contributed by atoms with Crippen LogP contribution in [0, 0.1) is 6.92 Å². The maximum atomic E-state index is 13.1. The van der Waals surface area contributed by atoms with Crippen molar-refractivity contribution in [3.8, 4) is 22.9 Å². The van der Waals surface area contributed by atoms with Crippen LogP contribution in [-0.4, -0.2) is 45.0 Å². The Morgan fingerprint density at radius 3 is 2.42 bits per heavy atom. The summed E-state index contributed by atoms with van der Waals surface area (Å²) in [7, 11) is 5.98. The molecule has 0 unspecified atom stereocenters. The highest BCUT2D eigenvalue weighted by atomic mass is 32.2. The topological polar surface area (TPSA) is 117 Å². The van der Waals surface area contributed by atoms with E-state index < -0.39 is 11.2 Å². The van der Waals surface area contributed by atoms with Crippen molar-refractivity contribution >= 4 is 34.4 Å². The van der Waals surface area contributed by atoms with Crippen LogP contribution in [-0.2, 0) is 18.9 Å². The van der Waals surface area contributed by atoms with E-state index in [1.54, 1.807) is 18.2 Å². The minimum atomic E-state index is -0.534. The number of ether oxygens (including phenoxy) is 2. The number of benzene rings is 2. The molecule has 0 spiro atoms. The molecule has 2 aromatic heterocycles. The summed E-state index contributed by atoms with van der Waals surface area (Å²) < 4.78 is 13.0. The summed E-state index contributed by atoms with van der Waals surface area (Å²) in [4.78, 5) is 47.5. The average Bonchev–Trinajstić information content (AvgIpc) is 2.89. The van der Waals surface area contributed by atoms with Gasteiger partial charge in [0.15, 0.2) is 23.0 Å². The number of para-hydroxylation sites is 1. The molecule has 0 radical (unpaired) electrons. The van der Waals surface area contributed by atoms with Gasteiger partial charge in [-0.3, -0.25) is 18.7 Å². The minimum absolute atomic E-state index is 0.00217. The predicted molar refractivity (Wildman–Crippen MR) is 139 cm³/mol. The molecule has 36 heavy (non-hydrogen) atoms. The fourth-order valence-corrected chi connectivity index (χ4v) is 4.49. The van der Waals surface area contributed by atoms with Gasteiger partial charge in [-0.2, -0.15) is 0 Å². The number of thioether (sulfide) groups is 1. The smallest absolute Gasteiger partial charge is 0.332 e. The van der Waals surface area contributed by atoms with Crippen molar-refractivity contribution in [2.75, 3.05) is 25.3 Å². The van der Waals surface area contributed by atoms with Gasteiger partial charge in [-0.05, 0) is 36.8 Å². The molecule has 4 rings (SSSR count). The molecule has 11 heteroatoms. The van der Waals surface area contributed by atoms with Gasteiger partial charge >= 0.3 is 5.69 Å². The summed E-state index contributed by atoms with van der Waals surface area (Å²) in [6.07, 6.45) is 0. The molecule has 0 saturated carbocycles. The number of aromatic nitrogens is 4. The van der Waals surface area contributed by atoms with E-state index in [-0.39, 0.29) is 28.5 Å². The molecule has 2 heterocycles. The third-order valence-corrected chi connectivity index (χ3v) is 6.64. The van der Waals surface area contributed by atoms with Crippen LogP contribution in [0.2, 0.25) is 0 Å². The lowest BCUT2D eigenvalue weighted by molar-refractivity contribution is -0.113. The van der Waals surface area contributed by atoms with E-state index in [0.29, 0.717) is 27.8 Å². The highest BCUT2D eigenvalue weighted by Gasteiger charge is 2.20. The van der Waals surface area contributed by atoms with Crippen LogP contribution in [0.1, 0.15) is 5.56 Å². The Balaban J connectivity index is 1.80. The summed E-state index contributed by atoms with van der Waals surface area (Å²) in [5.74, 6) is 1.02. The van der Waals surface area contributed by atoms with Gasteiger partial charge in [-0.15, -0.1) is 0 Å². The number of nitrogens with one attached hydrogen (secondary N) is 1. The number of nitrogens with zero attached hydrogens (tertiary/aromatic N) is 4. The third-order valence-electron chi connectivity index (χ3n) is 5.67. The number of rotatable bonds is 7. The number of amides is 1. The average molecular weight is 508 g/mol. The van der Waals surface area contributed by atoms with Crippen LogP contribution in [0.4, 0.5) is 5.69 Å². The monoisotopic (exact) mass is 507 g/mol. The summed E-state index contributed by atoms with van der Waals surface area (Å²) in [6, 6.07) is 12.6. The second-order valence-electron chi connectivity index (χ2n) is 7.98. The highest BCUT2D eigenvalue weighted by Crippen LogP contribution is 2.33. The molecule has 186 valence electrons. The number of hydrogen-bond donors (Lipinski definition) is 1. The lowest BCUT2D eigenvalue weighted by Crippen LogP contribution is -2.37. The van der Waals surface area contributed by atoms with Crippen LogP contribution in [0.3, 0.4) is 0 Å². The van der Waals surface area contributed by atoms with Gasteiger partial charge in [-0.25, -0.2) is 14.8 Å². The molecule has 1 amide bonds. The van der Waals surface area contributed by atoms with E-state index in [4.69, 9.17) is 9.47 Å².